The maximum absolute atomic E-state index is 13.5. The predicted octanol–water partition coefficient (Wildman–Crippen LogP) is 24.9. The molecule has 16 aromatic carbocycles. The number of fused-ring (bicyclic) bond motifs is 18. The minimum absolute atomic E-state index is 0.174. The molecule has 11 heterocycles. The zero-order valence-electron chi connectivity index (χ0n) is 78.0. The fourth-order valence-corrected chi connectivity index (χ4v) is 31.2. The van der Waals surface area contributed by atoms with E-state index in [-0.39, 0.29) is 39.7 Å². The van der Waals surface area contributed by atoms with Gasteiger partial charge in [0.05, 0.1) is 90.0 Å². The summed E-state index contributed by atoms with van der Waals surface area (Å²) in [6.45, 7) is 18.8. The molecular formula is C122H93B3N4O4S6. The fourth-order valence-electron chi connectivity index (χ4n) is 23.3. The number of rotatable bonds is 10. The molecule has 8 aromatic heterocycles. The van der Waals surface area contributed by atoms with Crippen molar-refractivity contribution < 1.29 is 16.8 Å². The molecule has 0 atom stereocenters. The molecule has 0 unspecified atom stereocenters. The zero-order valence-corrected chi connectivity index (χ0v) is 82.9. The van der Waals surface area contributed by atoms with Crippen molar-refractivity contribution in [2.75, 3.05) is 0 Å². The van der Waals surface area contributed by atoms with E-state index in [1.54, 1.807) is 12.1 Å². The molecule has 139 heavy (non-hydrogen) atoms. The molecular weight excluding hydrogens is 1810 g/mol. The van der Waals surface area contributed by atoms with Crippen LogP contribution >= 0.6 is 45.3 Å². The minimum atomic E-state index is -4.00. The zero-order chi connectivity index (χ0) is 94.4. The minimum Gasteiger partial charge on any atom is -0.309 e. The lowest BCUT2D eigenvalue weighted by Crippen LogP contribution is -2.59. The van der Waals surface area contributed by atoms with Gasteiger partial charge >= 0.3 is 0 Å². The monoisotopic (exact) mass is 1900 g/mol. The maximum Gasteiger partial charge on any atom is 0.246 e. The molecule has 0 aliphatic carbocycles. The Labute approximate surface area is 826 Å². The number of nitrogens with zero attached hydrogens (tertiary/aromatic N) is 4. The Morgan fingerprint density at radius 1 is 0.273 bits per heavy atom. The number of hydrogen-bond donors (Lipinski definition) is 0. The average molecular weight is 1900 g/mol. The Bertz CT molecular complexity index is 8720. The predicted molar refractivity (Wildman–Crippen MR) is 594 cm³/mol. The highest BCUT2D eigenvalue weighted by atomic mass is 32.2. The second kappa shape index (κ2) is 34.9. The van der Waals surface area contributed by atoms with E-state index in [0.29, 0.717) is 5.56 Å². The average Bonchev–Trinajstić information content (AvgIpc) is 1.60. The van der Waals surface area contributed by atoms with E-state index in [0.717, 1.165) is 45.2 Å². The summed E-state index contributed by atoms with van der Waals surface area (Å²) in [4.78, 5) is 0.145. The quantitative estimate of drug-likeness (QED) is 0.128. The standard InChI is InChI=1S/2C33H28BNS.C28H20BNS.C28H17NO4S3/c1-20-13-22(3)32-24(15-20)17-25-16-21(2)14-23(4)33(25)34(32)28-18-36-19-31(28)35-29-11-7-5-9-26(29)27-10-6-8-12-30(27)35;1-20-15-22(3)31-24(17-20)19-25-18-21(2)16-23(4)32(25)34(31)28-13-14-36-33(28)35-29-11-7-5-9-26(29)27-10-6-8-12-30(27)35;1-3-11-21(12-4-1)29(22-13-5-2-6-14-22)25-19-20-31-28(25)30-26-17-9-7-15-23(26)24-16-8-10-18-27(24)30;30-35(31)24-11-5-6-12-25(24)36(32,33)27-17-18(13-14-26(27)35)28-23(15-16-34-28)29-21-9-3-1-7-19(21)20-8-2-4-10-22(20)29/h5-16,18-19H,17H2,1-4H3;5-18H,19H2,1-4H3;1-20H;1-17H. The molecule has 0 saturated carbocycles. The highest BCUT2D eigenvalue weighted by Gasteiger charge is 2.42. The van der Waals surface area contributed by atoms with Crippen molar-refractivity contribution >= 4 is 222 Å². The molecule has 0 bridgehead atoms. The summed E-state index contributed by atoms with van der Waals surface area (Å²) in [5, 5.41) is 24.0. The Kier molecular flexibility index (Phi) is 22.0. The Balaban J connectivity index is 0.000000101. The van der Waals surface area contributed by atoms with E-state index in [1.807, 2.05) is 69.7 Å². The van der Waals surface area contributed by atoms with Gasteiger partial charge < -0.3 is 18.3 Å². The molecule has 24 aromatic rings. The lowest BCUT2D eigenvalue weighted by atomic mass is 9.32. The van der Waals surface area contributed by atoms with Crippen LogP contribution in [0.15, 0.2) is 410 Å². The lowest BCUT2D eigenvalue weighted by molar-refractivity contribution is 0.570. The number of para-hydroxylation sites is 8. The highest BCUT2D eigenvalue weighted by molar-refractivity contribution is 7.97. The molecule has 0 saturated heterocycles. The summed E-state index contributed by atoms with van der Waals surface area (Å²) in [7, 11) is -7.95. The normalized spacial score (nSPS) is 13.2. The number of thiophene rings is 4. The molecule has 0 N–H and O–H groups in total. The van der Waals surface area contributed by atoms with Crippen LogP contribution in [0.5, 0.6) is 0 Å². The van der Waals surface area contributed by atoms with Crippen LogP contribution in [-0.4, -0.2) is 55.2 Å². The van der Waals surface area contributed by atoms with Crippen molar-refractivity contribution in [3.63, 3.8) is 0 Å². The second-order valence-electron chi connectivity index (χ2n) is 37.4. The van der Waals surface area contributed by atoms with E-state index >= 15 is 0 Å². The summed E-state index contributed by atoms with van der Waals surface area (Å²) in [5.41, 5.74) is 42.3. The van der Waals surface area contributed by atoms with Crippen LogP contribution in [0, 0.1) is 55.4 Å². The maximum atomic E-state index is 13.5. The summed E-state index contributed by atoms with van der Waals surface area (Å²) < 4.78 is 63.2. The first-order valence-electron chi connectivity index (χ1n) is 47.3. The van der Waals surface area contributed by atoms with E-state index in [1.165, 1.54) is 239 Å². The first-order chi connectivity index (χ1) is 67.8. The van der Waals surface area contributed by atoms with Crippen molar-refractivity contribution in [3.05, 3.63) is 458 Å². The van der Waals surface area contributed by atoms with Crippen LogP contribution < -0.4 is 49.2 Å². The van der Waals surface area contributed by atoms with Gasteiger partial charge in [-0.15, -0.1) is 34.0 Å². The number of benzene rings is 16. The number of aryl methyl sites for hydroxylation is 8. The van der Waals surface area contributed by atoms with E-state index in [9.17, 15) is 16.8 Å². The van der Waals surface area contributed by atoms with Crippen molar-refractivity contribution in [1.82, 2.24) is 18.3 Å². The molecule has 8 nitrogen and oxygen atoms in total. The fraction of sp³-hybridized carbons (Fsp3) is 0.0820. The first kappa shape index (κ1) is 87.4. The van der Waals surface area contributed by atoms with Gasteiger partial charge in [-0.1, -0.05) is 362 Å². The summed E-state index contributed by atoms with van der Waals surface area (Å²) in [6.07, 6.45) is 2.03. The van der Waals surface area contributed by atoms with E-state index < -0.39 is 19.7 Å². The van der Waals surface area contributed by atoms with Gasteiger partial charge in [0, 0.05) is 48.5 Å². The third kappa shape index (κ3) is 14.6. The smallest absolute Gasteiger partial charge is 0.246 e. The Hall–Kier alpha value is -14.4. The highest BCUT2D eigenvalue weighted by Crippen LogP contribution is 2.46. The third-order valence-electron chi connectivity index (χ3n) is 28.7. The van der Waals surface area contributed by atoms with E-state index in [4.69, 9.17) is 0 Å². The van der Waals surface area contributed by atoms with Crippen LogP contribution in [0.25, 0.3) is 119 Å². The topological polar surface area (TPSA) is 88.0 Å². The lowest BCUT2D eigenvalue weighted by Gasteiger charge is -2.31. The van der Waals surface area contributed by atoms with Crippen LogP contribution in [0.3, 0.4) is 0 Å². The molecule has 27 rings (SSSR count). The van der Waals surface area contributed by atoms with Gasteiger partial charge in [0.1, 0.15) is 0 Å². The van der Waals surface area contributed by atoms with Gasteiger partial charge in [-0.05, 0) is 213 Å². The molecule has 0 fully saturated rings. The van der Waals surface area contributed by atoms with Crippen LogP contribution in [0.2, 0.25) is 0 Å². The third-order valence-corrected chi connectivity index (χ3v) is 36.2. The van der Waals surface area contributed by atoms with Gasteiger partial charge in [0.2, 0.25) is 39.8 Å². The first-order valence-corrected chi connectivity index (χ1v) is 53.8. The van der Waals surface area contributed by atoms with Crippen LogP contribution in [0.1, 0.15) is 66.8 Å². The summed E-state index contributed by atoms with van der Waals surface area (Å²) >= 11 is 6.99. The van der Waals surface area contributed by atoms with Gasteiger partial charge in [-0.2, -0.15) is 11.3 Å². The molecule has 0 spiro atoms. The molecule has 3 aliphatic rings. The molecule has 0 amide bonds. The Morgan fingerprint density at radius 3 is 0.993 bits per heavy atom. The SMILES string of the molecule is Cc1cc(C)c2c(c1)Cc1cc(C)cc(C)c1B2c1ccsc1-n1c2ccccc2c2ccccc21.Cc1cc(C)c2c(c1)Cc1cc(C)cc(C)c1B2c1cscc1-n1c2ccccc2c2ccccc21.O=S1(=O)c2ccccc2S(=O)(=O)c2cc(-c3sccc3-n3c4ccccc4c4ccccc43)ccc21.c1ccc(B(c2ccccc2)c2ccsc2-n2c3ccccc3c3ccccc32)cc1. The number of hydrogen-bond acceptors (Lipinski definition) is 8. The number of aromatic nitrogens is 4. The molecule has 17 heteroatoms. The van der Waals surface area contributed by atoms with Crippen LogP contribution in [-0.2, 0) is 32.5 Å². The van der Waals surface area contributed by atoms with Crippen LogP contribution in [0.4, 0.5) is 0 Å². The second-order valence-corrected chi connectivity index (χ2v) is 44.6. The summed E-state index contributed by atoms with van der Waals surface area (Å²) in [5.74, 6) is 0. The molecule has 3 aliphatic heterocycles. The van der Waals surface area contributed by atoms with Crippen molar-refractivity contribution in [1.29, 1.82) is 0 Å². The van der Waals surface area contributed by atoms with Gasteiger partial charge in [0.25, 0.3) is 0 Å². The van der Waals surface area contributed by atoms with Gasteiger partial charge in [-0.3, -0.25) is 0 Å². The Morgan fingerprint density at radius 2 is 0.590 bits per heavy atom. The van der Waals surface area contributed by atoms with E-state index in [2.05, 4.69) is 386 Å². The summed E-state index contributed by atoms with van der Waals surface area (Å²) in [6, 6.07) is 127. The molecule has 0 radical (unpaired) electrons. The van der Waals surface area contributed by atoms with Crippen molar-refractivity contribution in [2.45, 2.75) is 87.8 Å². The largest absolute Gasteiger partial charge is 0.309 e. The molecule has 670 valence electrons. The van der Waals surface area contributed by atoms with Crippen molar-refractivity contribution in [2.24, 2.45) is 0 Å². The van der Waals surface area contributed by atoms with Gasteiger partial charge in [-0.25, -0.2) is 16.8 Å². The number of sulfone groups is 2. The van der Waals surface area contributed by atoms with Gasteiger partial charge in [0.15, 0.2) is 0 Å². The van der Waals surface area contributed by atoms with Crippen molar-refractivity contribution in [3.8, 4) is 31.8 Å².